The number of hydrogen-bond donors (Lipinski definition) is 1. The van der Waals surface area contributed by atoms with Gasteiger partial charge < -0.3 is 15.1 Å². The zero-order chi connectivity index (χ0) is 22.9. The van der Waals surface area contributed by atoms with Crippen LogP contribution in [0.15, 0.2) is 72.8 Å². The second-order valence-corrected chi connectivity index (χ2v) is 8.26. The number of nitrogens with one attached hydrogen (secondary N) is 1. The van der Waals surface area contributed by atoms with Gasteiger partial charge in [-0.05, 0) is 66.9 Å². The van der Waals surface area contributed by atoms with E-state index in [2.05, 4.69) is 5.32 Å². The van der Waals surface area contributed by atoms with E-state index in [9.17, 15) is 18.8 Å². The molecule has 3 aromatic carbocycles. The van der Waals surface area contributed by atoms with E-state index in [0.29, 0.717) is 42.0 Å². The lowest BCUT2D eigenvalue weighted by Crippen LogP contribution is -2.44. The summed E-state index contributed by atoms with van der Waals surface area (Å²) < 4.78 is 13.1. The van der Waals surface area contributed by atoms with E-state index in [1.54, 1.807) is 46.2 Å². The molecule has 2 aliphatic heterocycles. The van der Waals surface area contributed by atoms with Crippen molar-refractivity contribution in [3.8, 4) is 0 Å². The first-order valence-corrected chi connectivity index (χ1v) is 10.9. The van der Waals surface area contributed by atoms with Gasteiger partial charge in [-0.25, -0.2) is 4.39 Å². The monoisotopic (exact) mass is 443 g/mol. The molecule has 0 radical (unpaired) electrons. The first kappa shape index (κ1) is 20.9. The SMILES string of the molecule is O=C(Nc1ccc(F)cc1)c1ccc(CN2C(=O)[C@@H]3CCCN3C(=O)c3ccccc32)cc1. The molecule has 0 unspecified atom stereocenters. The van der Waals surface area contributed by atoms with Crippen molar-refractivity contribution in [1.82, 2.24) is 4.90 Å². The molecule has 166 valence electrons. The molecule has 5 rings (SSSR count). The van der Waals surface area contributed by atoms with Crippen LogP contribution in [0.25, 0.3) is 0 Å². The maximum absolute atomic E-state index is 13.4. The highest BCUT2D eigenvalue weighted by atomic mass is 19.1. The summed E-state index contributed by atoms with van der Waals surface area (Å²) in [4.78, 5) is 42.3. The Morgan fingerprint density at radius 2 is 1.70 bits per heavy atom. The number of fused-ring (bicyclic) bond motifs is 2. The number of anilines is 2. The molecule has 3 amide bonds. The minimum absolute atomic E-state index is 0.0797. The molecule has 3 aromatic rings. The standard InChI is InChI=1S/C26H22FN3O3/c27-19-11-13-20(14-12-19)28-24(31)18-9-7-17(8-10-18)16-30-22-5-2-1-4-21(22)25(32)29-15-3-6-23(29)26(30)33/h1-2,4-5,7-14,23H,3,6,15-16H2,(H,28,31)/t23-/m0/s1. The maximum atomic E-state index is 13.4. The van der Waals surface area contributed by atoms with Crippen molar-refractivity contribution in [3.05, 3.63) is 95.3 Å². The van der Waals surface area contributed by atoms with Crippen LogP contribution in [0.3, 0.4) is 0 Å². The Balaban J connectivity index is 1.37. The van der Waals surface area contributed by atoms with Gasteiger partial charge in [0.25, 0.3) is 11.8 Å². The number of carbonyl (C=O) groups excluding carboxylic acids is 3. The van der Waals surface area contributed by atoms with Crippen LogP contribution in [0.2, 0.25) is 0 Å². The highest BCUT2D eigenvalue weighted by Crippen LogP contribution is 2.33. The summed E-state index contributed by atoms with van der Waals surface area (Å²) >= 11 is 0. The Labute approximate surface area is 190 Å². The van der Waals surface area contributed by atoms with Crippen LogP contribution in [0, 0.1) is 5.82 Å². The van der Waals surface area contributed by atoms with Crippen molar-refractivity contribution < 1.29 is 18.8 Å². The molecule has 0 saturated carbocycles. The van der Waals surface area contributed by atoms with Crippen LogP contribution in [0.4, 0.5) is 15.8 Å². The number of amides is 3. The smallest absolute Gasteiger partial charge is 0.256 e. The largest absolute Gasteiger partial charge is 0.327 e. The fourth-order valence-electron chi connectivity index (χ4n) is 4.45. The summed E-state index contributed by atoms with van der Waals surface area (Å²) in [5, 5.41) is 2.73. The fourth-order valence-corrected chi connectivity index (χ4v) is 4.45. The highest BCUT2D eigenvalue weighted by Gasteiger charge is 2.41. The molecule has 1 saturated heterocycles. The minimum atomic E-state index is -0.439. The van der Waals surface area contributed by atoms with E-state index in [1.165, 1.54) is 24.3 Å². The average molecular weight is 443 g/mol. The third-order valence-electron chi connectivity index (χ3n) is 6.15. The number of benzene rings is 3. The van der Waals surface area contributed by atoms with E-state index in [-0.39, 0.29) is 23.5 Å². The van der Waals surface area contributed by atoms with Crippen LogP contribution >= 0.6 is 0 Å². The topological polar surface area (TPSA) is 69.7 Å². The van der Waals surface area contributed by atoms with Crippen molar-refractivity contribution >= 4 is 29.1 Å². The summed E-state index contributed by atoms with van der Waals surface area (Å²) in [5.41, 5.74) is 2.94. The predicted molar refractivity (Wildman–Crippen MR) is 122 cm³/mol. The van der Waals surface area contributed by atoms with Gasteiger partial charge in [-0.2, -0.15) is 0 Å². The molecule has 6 nitrogen and oxygen atoms in total. The van der Waals surface area contributed by atoms with Gasteiger partial charge in [0.1, 0.15) is 11.9 Å². The second-order valence-electron chi connectivity index (χ2n) is 8.26. The summed E-state index contributed by atoms with van der Waals surface area (Å²) in [5.74, 6) is -0.860. The molecule has 1 fully saturated rings. The fraction of sp³-hybridized carbons (Fsp3) is 0.192. The summed E-state index contributed by atoms with van der Waals surface area (Å²) in [7, 11) is 0. The van der Waals surface area contributed by atoms with Gasteiger partial charge >= 0.3 is 0 Å². The molecule has 1 atom stereocenters. The Kier molecular flexibility index (Phi) is 5.38. The first-order valence-electron chi connectivity index (χ1n) is 10.9. The molecule has 0 aliphatic carbocycles. The quantitative estimate of drug-likeness (QED) is 0.656. The molecule has 0 aromatic heterocycles. The van der Waals surface area contributed by atoms with Gasteiger partial charge in [0, 0.05) is 17.8 Å². The molecular formula is C26H22FN3O3. The number of nitrogens with zero attached hydrogens (tertiary/aromatic N) is 2. The van der Waals surface area contributed by atoms with Gasteiger partial charge in [0.15, 0.2) is 0 Å². The number of carbonyl (C=O) groups is 3. The molecule has 33 heavy (non-hydrogen) atoms. The Hall–Kier alpha value is -4.00. The van der Waals surface area contributed by atoms with E-state index in [4.69, 9.17) is 0 Å². The molecule has 0 bridgehead atoms. The van der Waals surface area contributed by atoms with Crippen LogP contribution in [-0.4, -0.2) is 35.2 Å². The minimum Gasteiger partial charge on any atom is -0.327 e. The Morgan fingerprint density at radius 3 is 2.45 bits per heavy atom. The normalized spacial score (nSPS) is 17.4. The number of para-hydroxylation sites is 1. The molecule has 2 heterocycles. The van der Waals surface area contributed by atoms with E-state index in [0.717, 1.165) is 12.0 Å². The van der Waals surface area contributed by atoms with Gasteiger partial charge in [-0.15, -0.1) is 0 Å². The average Bonchev–Trinajstić information content (AvgIpc) is 3.31. The second kappa shape index (κ2) is 8.50. The zero-order valence-electron chi connectivity index (χ0n) is 17.8. The maximum Gasteiger partial charge on any atom is 0.256 e. The van der Waals surface area contributed by atoms with Gasteiger partial charge in [0.05, 0.1) is 17.8 Å². The van der Waals surface area contributed by atoms with Crippen LogP contribution in [0.5, 0.6) is 0 Å². The molecule has 7 heteroatoms. The number of rotatable bonds is 4. The Morgan fingerprint density at radius 1 is 0.970 bits per heavy atom. The van der Waals surface area contributed by atoms with Crippen molar-refractivity contribution in [1.29, 1.82) is 0 Å². The number of halogens is 1. The van der Waals surface area contributed by atoms with Gasteiger partial charge in [-0.3, -0.25) is 14.4 Å². The van der Waals surface area contributed by atoms with Crippen molar-refractivity contribution in [2.45, 2.75) is 25.4 Å². The third kappa shape index (κ3) is 3.98. The lowest BCUT2D eigenvalue weighted by atomic mass is 10.1. The first-order chi connectivity index (χ1) is 16.0. The predicted octanol–water partition coefficient (Wildman–Crippen LogP) is 4.23. The Bertz CT molecular complexity index is 1220. The lowest BCUT2D eigenvalue weighted by Gasteiger charge is -2.26. The van der Waals surface area contributed by atoms with Crippen LogP contribution < -0.4 is 10.2 Å². The van der Waals surface area contributed by atoms with Crippen LogP contribution in [0.1, 0.15) is 39.1 Å². The van der Waals surface area contributed by atoms with Gasteiger partial charge in [0.2, 0.25) is 5.91 Å². The van der Waals surface area contributed by atoms with E-state index in [1.807, 2.05) is 12.1 Å². The summed E-state index contributed by atoms with van der Waals surface area (Å²) in [6, 6.07) is 19.3. The number of hydrogen-bond acceptors (Lipinski definition) is 3. The lowest BCUT2D eigenvalue weighted by molar-refractivity contribution is -0.122. The van der Waals surface area contributed by atoms with E-state index >= 15 is 0 Å². The third-order valence-corrected chi connectivity index (χ3v) is 6.15. The molecule has 0 spiro atoms. The van der Waals surface area contributed by atoms with Crippen LogP contribution in [-0.2, 0) is 11.3 Å². The molecule has 1 N–H and O–H groups in total. The van der Waals surface area contributed by atoms with Crippen molar-refractivity contribution in [3.63, 3.8) is 0 Å². The van der Waals surface area contributed by atoms with E-state index < -0.39 is 6.04 Å². The molecule has 2 aliphatic rings. The zero-order valence-corrected chi connectivity index (χ0v) is 17.8. The van der Waals surface area contributed by atoms with Crippen molar-refractivity contribution in [2.24, 2.45) is 0 Å². The molecular weight excluding hydrogens is 421 g/mol. The van der Waals surface area contributed by atoms with Gasteiger partial charge in [-0.1, -0.05) is 24.3 Å². The highest BCUT2D eigenvalue weighted by molar-refractivity contribution is 6.11. The summed E-state index contributed by atoms with van der Waals surface area (Å²) in [6.45, 7) is 0.891. The van der Waals surface area contributed by atoms with Crippen molar-refractivity contribution in [2.75, 3.05) is 16.8 Å². The summed E-state index contributed by atoms with van der Waals surface area (Å²) in [6.07, 6.45) is 1.48.